The SMILES string of the molecule is C=CCN1[C@H](C)[C@H]2c3ccccc3C[C@H]1c1ccccc12. The molecule has 0 spiro atoms. The predicted molar refractivity (Wildman–Crippen MR) is 87.5 cm³/mol. The molecule has 2 aromatic rings. The average molecular weight is 275 g/mol. The van der Waals surface area contributed by atoms with E-state index in [9.17, 15) is 0 Å². The summed E-state index contributed by atoms with van der Waals surface area (Å²) in [5.74, 6) is 0.482. The van der Waals surface area contributed by atoms with Crippen molar-refractivity contribution in [2.45, 2.75) is 31.3 Å². The van der Waals surface area contributed by atoms with Gasteiger partial charge in [0.15, 0.2) is 0 Å². The normalized spacial score (nSPS) is 26.8. The first-order valence-corrected chi connectivity index (χ1v) is 7.84. The second-order valence-corrected chi connectivity index (χ2v) is 6.25. The molecule has 21 heavy (non-hydrogen) atoms. The van der Waals surface area contributed by atoms with E-state index in [-0.39, 0.29) is 0 Å². The lowest BCUT2D eigenvalue weighted by atomic mass is 9.79. The van der Waals surface area contributed by atoms with Gasteiger partial charge in [0.1, 0.15) is 0 Å². The van der Waals surface area contributed by atoms with Crippen LogP contribution in [0, 0.1) is 0 Å². The molecular weight excluding hydrogens is 254 g/mol. The quantitative estimate of drug-likeness (QED) is 0.738. The molecule has 2 aromatic carbocycles. The van der Waals surface area contributed by atoms with E-state index < -0.39 is 0 Å². The first kappa shape index (κ1) is 12.8. The van der Waals surface area contributed by atoms with Crippen LogP contribution in [0.4, 0.5) is 0 Å². The van der Waals surface area contributed by atoms with Crippen molar-refractivity contribution in [2.24, 2.45) is 0 Å². The van der Waals surface area contributed by atoms with E-state index in [1.165, 1.54) is 22.3 Å². The van der Waals surface area contributed by atoms with Crippen LogP contribution >= 0.6 is 0 Å². The highest BCUT2D eigenvalue weighted by atomic mass is 15.2. The second kappa shape index (κ2) is 4.85. The van der Waals surface area contributed by atoms with Gasteiger partial charge >= 0.3 is 0 Å². The fraction of sp³-hybridized carbons (Fsp3) is 0.300. The number of hydrogen-bond donors (Lipinski definition) is 0. The lowest BCUT2D eigenvalue weighted by Gasteiger charge is -2.43. The van der Waals surface area contributed by atoms with Gasteiger partial charge in [-0.15, -0.1) is 6.58 Å². The van der Waals surface area contributed by atoms with Gasteiger partial charge in [0.2, 0.25) is 0 Å². The largest absolute Gasteiger partial charge is 0.289 e. The first-order valence-electron chi connectivity index (χ1n) is 7.84. The summed E-state index contributed by atoms with van der Waals surface area (Å²) in [5.41, 5.74) is 6.08. The van der Waals surface area contributed by atoms with Gasteiger partial charge < -0.3 is 0 Å². The molecule has 0 saturated carbocycles. The maximum atomic E-state index is 3.97. The standard InChI is InChI=1S/C20H21N/c1-3-12-21-14(2)20-16-9-5-4-8-15(16)13-19(21)17-10-6-7-11-18(17)20/h3-11,14,19-20H,1,12-13H2,2H3/t14-,19+,20+/m1/s1. The minimum atomic E-state index is 0.481. The topological polar surface area (TPSA) is 3.24 Å². The Hall–Kier alpha value is -1.86. The molecule has 1 aliphatic carbocycles. The molecule has 0 unspecified atom stereocenters. The highest BCUT2D eigenvalue weighted by Crippen LogP contribution is 2.48. The van der Waals surface area contributed by atoms with Crippen molar-refractivity contribution in [1.82, 2.24) is 4.90 Å². The Morgan fingerprint density at radius 2 is 1.71 bits per heavy atom. The van der Waals surface area contributed by atoms with Gasteiger partial charge in [-0.25, -0.2) is 0 Å². The van der Waals surface area contributed by atoms with Crippen LogP contribution in [0.15, 0.2) is 61.2 Å². The number of benzene rings is 2. The van der Waals surface area contributed by atoms with E-state index in [1.54, 1.807) is 0 Å². The smallest absolute Gasteiger partial charge is 0.0397 e. The van der Waals surface area contributed by atoms with E-state index in [0.717, 1.165) is 13.0 Å². The Labute approximate surface area is 126 Å². The van der Waals surface area contributed by atoms with Crippen molar-refractivity contribution in [1.29, 1.82) is 0 Å². The first-order chi connectivity index (χ1) is 10.3. The maximum absolute atomic E-state index is 3.97. The number of hydrogen-bond acceptors (Lipinski definition) is 1. The third kappa shape index (κ3) is 1.81. The third-order valence-corrected chi connectivity index (χ3v) is 5.24. The van der Waals surface area contributed by atoms with Crippen molar-refractivity contribution in [3.63, 3.8) is 0 Å². The molecule has 0 amide bonds. The summed E-state index contributed by atoms with van der Waals surface area (Å²) in [5, 5.41) is 0. The zero-order valence-corrected chi connectivity index (χ0v) is 12.5. The van der Waals surface area contributed by atoms with E-state index in [4.69, 9.17) is 0 Å². The number of nitrogens with zero attached hydrogens (tertiary/aromatic N) is 1. The molecule has 3 aliphatic rings. The minimum Gasteiger partial charge on any atom is -0.289 e. The Morgan fingerprint density at radius 1 is 1.05 bits per heavy atom. The highest BCUT2D eigenvalue weighted by molar-refractivity contribution is 5.50. The van der Waals surface area contributed by atoms with Crippen LogP contribution in [0.25, 0.3) is 0 Å². The Balaban J connectivity index is 1.97. The van der Waals surface area contributed by atoms with Crippen molar-refractivity contribution in [2.75, 3.05) is 6.54 Å². The van der Waals surface area contributed by atoms with Crippen LogP contribution in [0.1, 0.15) is 41.1 Å². The summed E-state index contributed by atoms with van der Waals surface area (Å²) in [6.07, 6.45) is 3.16. The lowest BCUT2D eigenvalue weighted by Crippen LogP contribution is -2.43. The van der Waals surface area contributed by atoms with Gasteiger partial charge in [0.05, 0.1) is 0 Å². The van der Waals surface area contributed by atoms with Crippen molar-refractivity contribution < 1.29 is 0 Å². The van der Waals surface area contributed by atoms with Crippen LogP contribution in [-0.2, 0) is 6.42 Å². The average Bonchev–Trinajstić information content (AvgIpc) is 2.73. The Kier molecular flexibility index (Phi) is 2.97. The summed E-state index contributed by atoms with van der Waals surface area (Å²) in [4.78, 5) is 2.62. The molecule has 1 nitrogen and oxygen atoms in total. The van der Waals surface area contributed by atoms with Crippen molar-refractivity contribution >= 4 is 0 Å². The fourth-order valence-electron chi connectivity index (χ4n) is 4.34. The summed E-state index contributed by atoms with van der Waals surface area (Å²) in [6, 6.07) is 19.0. The maximum Gasteiger partial charge on any atom is 0.0397 e. The highest BCUT2D eigenvalue weighted by Gasteiger charge is 2.42. The molecular formula is C20H21N. The lowest BCUT2D eigenvalue weighted by molar-refractivity contribution is 0.139. The van der Waals surface area contributed by atoms with Crippen LogP contribution in [0.5, 0.6) is 0 Å². The molecule has 0 N–H and O–H groups in total. The molecule has 0 aromatic heterocycles. The molecule has 2 aliphatic heterocycles. The number of fused-ring (bicyclic) bond motifs is 1. The van der Waals surface area contributed by atoms with E-state index in [1.807, 2.05) is 6.08 Å². The second-order valence-electron chi connectivity index (χ2n) is 6.25. The van der Waals surface area contributed by atoms with Crippen LogP contribution in [0.2, 0.25) is 0 Å². The van der Waals surface area contributed by atoms with Crippen LogP contribution in [0.3, 0.4) is 0 Å². The van der Waals surface area contributed by atoms with Crippen LogP contribution < -0.4 is 0 Å². The molecule has 2 heterocycles. The molecule has 1 heteroatoms. The molecule has 5 rings (SSSR count). The fourth-order valence-corrected chi connectivity index (χ4v) is 4.34. The van der Waals surface area contributed by atoms with Crippen molar-refractivity contribution in [3.8, 4) is 0 Å². The molecule has 0 fully saturated rings. The molecule has 0 saturated heterocycles. The van der Waals surface area contributed by atoms with Crippen LogP contribution in [-0.4, -0.2) is 17.5 Å². The van der Waals surface area contributed by atoms with E-state index in [0.29, 0.717) is 18.0 Å². The van der Waals surface area contributed by atoms with Gasteiger partial charge in [-0.2, -0.15) is 0 Å². The summed E-state index contributed by atoms with van der Waals surface area (Å²) in [7, 11) is 0. The van der Waals surface area contributed by atoms with Gasteiger partial charge in [-0.1, -0.05) is 54.6 Å². The van der Waals surface area contributed by atoms with Gasteiger partial charge in [-0.3, -0.25) is 4.90 Å². The van der Waals surface area contributed by atoms with Gasteiger partial charge in [0, 0.05) is 24.5 Å². The number of rotatable bonds is 2. The summed E-state index contributed by atoms with van der Waals surface area (Å²) in [6.45, 7) is 7.30. The Bertz CT molecular complexity index is 688. The summed E-state index contributed by atoms with van der Waals surface area (Å²) >= 11 is 0. The van der Waals surface area contributed by atoms with Gasteiger partial charge in [0.25, 0.3) is 0 Å². The zero-order valence-electron chi connectivity index (χ0n) is 12.5. The molecule has 3 atom stereocenters. The summed E-state index contributed by atoms with van der Waals surface area (Å²) < 4.78 is 0. The van der Waals surface area contributed by atoms with Crippen molar-refractivity contribution in [3.05, 3.63) is 83.4 Å². The predicted octanol–water partition coefficient (Wildman–Crippen LogP) is 4.31. The zero-order chi connectivity index (χ0) is 14.4. The van der Waals surface area contributed by atoms with E-state index in [2.05, 4.69) is 66.9 Å². The monoisotopic (exact) mass is 275 g/mol. The third-order valence-electron chi connectivity index (χ3n) is 5.24. The Morgan fingerprint density at radius 3 is 2.48 bits per heavy atom. The minimum absolute atomic E-state index is 0.481. The molecule has 106 valence electrons. The van der Waals surface area contributed by atoms with Gasteiger partial charge in [-0.05, 0) is 35.6 Å². The van der Waals surface area contributed by atoms with E-state index >= 15 is 0 Å². The molecule has 2 bridgehead atoms. The molecule has 0 radical (unpaired) electrons.